The zero-order valence-electron chi connectivity index (χ0n) is 11.7. The highest BCUT2D eigenvalue weighted by atomic mass is 32.2. The first-order valence-electron chi connectivity index (χ1n) is 6.01. The van der Waals surface area contributed by atoms with Crippen LogP contribution >= 0.6 is 11.8 Å². The Kier molecular flexibility index (Phi) is 5.43. The molecule has 0 saturated carbocycles. The third-order valence-corrected chi connectivity index (χ3v) is 5.54. The Morgan fingerprint density at radius 1 is 1.42 bits per heavy atom. The van der Waals surface area contributed by atoms with Crippen molar-refractivity contribution in [2.24, 2.45) is 0 Å². The minimum Gasteiger partial charge on any atom is -0.389 e. The van der Waals surface area contributed by atoms with Crippen LogP contribution in [0.25, 0.3) is 0 Å². The van der Waals surface area contributed by atoms with Gasteiger partial charge in [0, 0.05) is 11.3 Å². The quantitative estimate of drug-likeness (QED) is 0.845. The molecule has 1 rings (SSSR count). The highest BCUT2D eigenvalue weighted by Crippen LogP contribution is 2.21. The van der Waals surface area contributed by atoms with E-state index in [1.807, 2.05) is 20.1 Å². The summed E-state index contributed by atoms with van der Waals surface area (Å²) in [4.78, 5) is 0.183. The van der Waals surface area contributed by atoms with Crippen LogP contribution in [0.1, 0.15) is 32.4 Å². The van der Waals surface area contributed by atoms with Gasteiger partial charge in [-0.3, -0.25) is 0 Å². The standard InChI is InChI=1S/C13H21NO3S2/c1-10(15)11-6-5-7-12(8-11)19(16,17)14-9-13(2,3)18-4/h5-8,10,14-15H,9H2,1-4H3. The lowest BCUT2D eigenvalue weighted by molar-refractivity contribution is 0.199. The number of benzene rings is 1. The molecule has 0 radical (unpaired) electrons. The zero-order valence-corrected chi connectivity index (χ0v) is 13.3. The average Bonchev–Trinajstić information content (AvgIpc) is 2.37. The number of aliphatic hydroxyl groups excluding tert-OH is 1. The second-order valence-corrected chi connectivity index (χ2v) is 8.32. The average molecular weight is 303 g/mol. The van der Waals surface area contributed by atoms with Crippen molar-refractivity contribution in [1.82, 2.24) is 4.72 Å². The summed E-state index contributed by atoms with van der Waals surface area (Å²) in [5.41, 5.74) is 0.590. The normalized spacial score (nSPS) is 14.4. The summed E-state index contributed by atoms with van der Waals surface area (Å²) in [6.07, 6.45) is 1.26. The van der Waals surface area contributed by atoms with Gasteiger partial charge in [-0.05, 0) is 44.7 Å². The van der Waals surface area contributed by atoms with Crippen LogP contribution in [0.5, 0.6) is 0 Å². The summed E-state index contributed by atoms with van der Waals surface area (Å²) in [7, 11) is -3.53. The van der Waals surface area contributed by atoms with E-state index in [-0.39, 0.29) is 9.64 Å². The highest BCUT2D eigenvalue weighted by molar-refractivity contribution is 8.00. The molecule has 0 fully saturated rings. The molecule has 1 aromatic carbocycles. The van der Waals surface area contributed by atoms with Crippen molar-refractivity contribution in [2.75, 3.05) is 12.8 Å². The minimum absolute atomic E-state index is 0.158. The van der Waals surface area contributed by atoms with E-state index in [4.69, 9.17) is 0 Å². The molecule has 0 amide bonds. The van der Waals surface area contributed by atoms with Crippen LogP contribution in [0.2, 0.25) is 0 Å². The molecule has 6 heteroatoms. The van der Waals surface area contributed by atoms with Crippen molar-refractivity contribution in [2.45, 2.75) is 36.5 Å². The molecule has 0 heterocycles. The van der Waals surface area contributed by atoms with Gasteiger partial charge < -0.3 is 5.11 Å². The number of nitrogens with one attached hydrogen (secondary N) is 1. The number of aliphatic hydroxyl groups is 1. The molecule has 0 bridgehead atoms. The molecule has 108 valence electrons. The summed E-state index contributed by atoms with van der Waals surface area (Å²) in [5, 5.41) is 9.49. The zero-order chi connectivity index (χ0) is 14.7. The van der Waals surface area contributed by atoms with E-state index in [1.54, 1.807) is 30.8 Å². The molecule has 1 unspecified atom stereocenters. The van der Waals surface area contributed by atoms with Crippen LogP contribution in [0.4, 0.5) is 0 Å². The summed E-state index contributed by atoms with van der Waals surface area (Å²) in [6.45, 7) is 5.92. The summed E-state index contributed by atoms with van der Waals surface area (Å²) < 4.78 is 26.8. The van der Waals surface area contributed by atoms with Crippen molar-refractivity contribution in [3.63, 3.8) is 0 Å². The Morgan fingerprint density at radius 2 is 2.05 bits per heavy atom. The Hall–Kier alpha value is -0.560. The fraction of sp³-hybridized carbons (Fsp3) is 0.538. The molecule has 0 saturated heterocycles. The number of hydrogen-bond acceptors (Lipinski definition) is 4. The monoisotopic (exact) mass is 303 g/mol. The van der Waals surface area contributed by atoms with Gasteiger partial charge in [0.05, 0.1) is 11.0 Å². The Labute approximate surface area is 119 Å². The Balaban J connectivity index is 2.92. The van der Waals surface area contributed by atoms with E-state index in [0.717, 1.165) is 0 Å². The van der Waals surface area contributed by atoms with Crippen LogP contribution in [0.15, 0.2) is 29.2 Å². The third-order valence-electron chi connectivity index (χ3n) is 2.89. The topological polar surface area (TPSA) is 66.4 Å². The molecule has 0 spiro atoms. The maximum atomic E-state index is 12.2. The molecule has 0 aromatic heterocycles. The van der Waals surface area contributed by atoms with Crippen LogP contribution in [-0.2, 0) is 10.0 Å². The molecule has 4 nitrogen and oxygen atoms in total. The maximum Gasteiger partial charge on any atom is 0.240 e. The molecule has 19 heavy (non-hydrogen) atoms. The number of sulfonamides is 1. The van der Waals surface area contributed by atoms with Crippen LogP contribution < -0.4 is 4.72 Å². The molecular formula is C13H21NO3S2. The Morgan fingerprint density at radius 3 is 2.58 bits per heavy atom. The van der Waals surface area contributed by atoms with Crippen molar-refractivity contribution in [1.29, 1.82) is 0 Å². The smallest absolute Gasteiger partial charge is 0.240 e. The maximum absolute atomic E-state index is 12.2. The van der Waals surface area contributed by atoms with Gasteiger partial charge in [0.15, 0.2) is 0 Å². The van der Waals surface area contributed by atoms with Gasteiger partial charge in [-0.15, -0.1) is 0 Å². The van der Waals surface area contributed by atoms with E-state index in [1.165, 1.54) is 12.1 Å². The van der Waals surface area contributed by atoms with Crippen molar-refractivity contribution in [3.8, 4) is 0 Å². The van der Waals surface area contributed by atoms with Gasteiger partial charge in [-0.2, -0.15) is 11.8 Å². The number of thioether (sulfide) groups is 1. The third kappa shape index (κ3) is 4.80. The lowest BCUT2D eigenvalue weighted by Gasteiger charge is -2.22. The van der Waals surface area contributed by atoms with E-state index < -0.39 is 16.1 Å². The molecular weight excluding hydrogens is 282 g/mol. The van der Waals surface area contributed by atoms with Crippen LogP contribution in [0.3, 0.4) is 0 Å². The molecule has 0 aliphatic carbocycles. The van der Waals surface area contributed by atoms with Crippen molar-refractivity contribution >= 4 is 21.8 Å². The summed E-state index contributed by atoms with van der Waals surface area (Å²) in [5.74, 6) is 0. The van der Waals surface area contributed by atoms with Crippen molar-refractivity contribution in [3.05, 3.63) is 29.8 Å². The van der Waals surface area contributed by atoms with Gasteiger partial charge in [0.25, 0.3) is 0 Å². The highest BCUT2D eigenvalue weighted by Gasteiger charge is 2.21. The molecule has 1 aromatic rings. The van der Waals surface area contributed by atoms with Gasteiger partial charge in [-0.1, -0.05) is 12.1 Å². The lowest BCUT2D eigenvalue weighted by Crippen LogP contribution is -2.36. The summed E-state index contributed by atoms with van der Waals surface area (Å²) in [6, 6.07) is 6.37. The Bertz CT molecular complexity index is 524. The van der Waals surface area contributed by atoms with Gasteiger partial charge in [-0.25, -0.2) is 13.1 Å². The van der Waals surface area contributed by atoms with E-state index >= 15 is 0 Å². The first kappa shape index (κ1) is 16.5. The van der Waals surface area contributed by atoms with Gasteiger partial charge in [0.1, 0.15) is 0 Å². The first-order valence-corrected chi connectivity index (χ1v) is 8.71. The predicted octanol–water partition coefficient (Wildman–Crippen LogP) is 2.16. The van der Waals surface area contributed by atoms with E-state index in [2.05, 4.69) is 4.72 Å². The largest absolute Gasteiger partial charge is 0.389 e. The SMILES string of the molecule is CSC(C)(C)CNS(=O)(=O)c1cccc(C(C)O)c1. The molecule has 1 atom stereocenters. The molecule has 0 aliphatic rings. The minimum atomic E-state index is -3.53. The number of hydrogen-bond donors (Lipinski definition) is 2. The van der Waals surface area contributed by atoms with Crippen molar-refractivity contribution < 1.29 is 13.5 Å². The van der Waals surface area contributed by atoms with Gasteiger partial charge in [0.2, 0.25) is 10.0 Å². The van der Waals surface area contributed by atoms with E-state index in [0.29, 0.717) is 12.1 Å². The van der Waals surface area contributed by atoms with E-state index in [9.17, 15) is 13.5 Å². The lowest BCUT2D eigenvalue weighted by atomic mass is 10.1. The molecule has 2 N–H and O–H groups in total. The second kappa shape index (κ2) is 6.26. The van der Waals surface area contributed by atoms with Crippen LogP contribution in [0, 0.1) is 0 Å². The number of rotatable bonds is 6. The predicted molar refractivity (Wildman–Crippen MR) is 79.9 cm³/mol. The summed E-state index contributed by atoms with van der Waals surface area (Å²) >= 11 is 1.60. The fourth-order valence-electron chi connectivity index (χ4n) is 1.37. The second-order valence-electron chi connectivity index (χ2n) is 5.04. The first-order chi connectivity index (χ1) is 8.68. The molecule has 0 aliphatic heterocycles. The van der Waals surface area contributed by atoms with Gasteiger partial charge >= 0.3 is 0 Å². The fourth-order valence-corrected chi connectivity index (χ4v) is 2.94. The van der Waals surface area contributed by atoms with Crippen LogP contribution in [-0.4, -0.2) is 31.1 Å².